The van der Waals surface area contributed by atoms with E-state index in [0.29, 0.717) is 5.41 Å². The molecule has 0 unspecified atom stereocenters. The molecular formula is C12H25NO. The Hall–Kier alpha value is -0.0800. The van der Waals surface area contributed by atoms with Crippen LogP contribution in [-0.2, 0) is 4.74 Å². The summed E-state index contributed by atoms with van der Waals surface area (Å²) >= 11 is 0. The van der Waals surface area contributed by atoms with Gasteiger partial charge in [-0.25, -0.2) is 0 Å². The van der Waals surface area contributed by atoms with Crippen molar-refractivity contribution in [2.45, 2.75) is 45.4 Å². The zero-order chi connectivity index (χ0) is 10.3. The van der Waals surface area contributed by atoms with Gasteiger partial charge in [0.05, 0.1) is 0 Å². The molecule has 0 bridgehead atoms. The van der Waals surface area contributed by atoms with Crippen LogP contribution in [0.15, 0.2) is 0 Å². The van der Waals surface area contributed by atoms with Crippen LogP contribution < -0.4 is 5.32 Å². The van der Waals surface area contributed by atoms with Gasteiger partial charge < -0.3 is 10.1 Å². The normalized spacial score (nSPS) is 21.0. The van der Waals surface area contributed by atoms with Gasteiger partial charge in [-0.05, 0) is 38.6 Å². The second-order valence-corrected chi connectivity index (χ2v) is 4.54. The van der Waals surface area contributed by atoms with E-state index in [0.717, 1.165) is 13.2 Å². The molecule has 0 atom stereocenters. The topological polar surface area (TPSA) is 21.3 Å². The van der Waals surface area contributed by atoms with Crippen LogP contribution in [0.3, 0.4) is 0 Å². The maximum absolute atomic E-state index is 5.48. The predicted octanol–water partition coefficient (Wildman–Crippen LogP) is 2.58. The van der Waals surface area contributed by atoms with Gasteiger partial charge in [-0.1, -0.05) is 19.3 Å². The van der Waals surface area contributed by atoms with E-state index in [9.17, 15) is 0 Å². The molecule has 14 heavy (non-hydrogen) atoms. The van der Waals surface area contributed by atoms with Gasteiger partial charge >= 0.3 is 0 Å². The van der Waals surface area contributed by atoms with Crippen molar-refractivity contribution >= 4 is 0 Å². The number of rotatable bonds is 6. The van der Waals surface area contributed by atoms with Crippen molar-refractivity contribution in [3.63, 3.8) is 0 Å². The Morgan fingerprint density at radius 2 is 1.93 bits per heavy atom. The standard InChI is InChI=1S/C12H25NO/c1-3-14-10-9-12(11-13-2)7-5-4-6-8-12/h13H,3-11H2,1-2H3. The van der Waals surface area contributed by atoms with Crippen LogP contribution in [0.2, 0.25) is 0 Å². The molecule has 0 heterocycles. The van der Waals surface area contributed by atoms with Crippen LogP contribution in [0, 0.1) is 5.41 Å². The maximum Gasteiger partial charge on any atom is 0.0471 e. The third-order valence-corrected chi connectivity index (χ3v) is 3.45. The van der Waals surface area contributed by atoms with Crippen molar-refractivity contribution in [3.05, 3.63) is 0 Å². The summed E-state index contributed by atoms with van der Waals surface area (Å²) in [5, 5.41) is 3.35. The summed E-state index contributed by atoms with van der Waals surface area (Å²) in [6, 6.07) is 0. The lowest BCUT2D eigenvalue weighted by Crippen LogP contribution is -2.35. The maximum atomic E-state index is 5.48. The van der Waals surface area contributed by atoms with Gasteiger partial charge in [0.25, 0.3) is 0 Å². The zero-order valence-corrected chi connectivity index (χ0v) is 9.77. The van der Waals surface area contributed by atoms with E-state index in [-0.39, 0.29) is 0 Å². The summed E-state index contributed by atoms with van der Waals surface area (Å²) in [6.07, 6.45) is 8.27. The molecule has 0 saturated heterocycles. The Labute approximate surface area is 88.4 Å². The quantitative estimate of drug-likeness (QED) is 0.664. The van der Waals surface area contributed by atoms with Crippen molar-refractivity contribution in [3.8, 4) is 0 Å². The van der Waals surface area contributed by atoms with Gasteiger partial charge in [0.15, 0.2) is 0 Å². The highest BCUT2D eigenvalue weighted by Crippen LogP contribution is 2.38. The molecule has 0 amide bonds. The predicted molar refractivity (Wildman–Crippen MR) is 60.6 cm³/mol. The van der Waals surface area contributed by atoms with E-state index in [1.54, 1.807) is 0 Å². The van der Waals surface area contributed by atoms with Crippen LogP contribution in [-0.4, -0.2) is 26.8 Å². The molecule has 1 fully saturated rings. The first-order valence-electron chi connectivity index (χ1n) is 6.05. The lowest BCUT2D eigenvalue weighted by Gasteiger charge is -2.37. The molecule has 0 spiro atoms. The lowest BCUT2D eigenvalue weighted by atomic mass is 9.72. The van der Waals surface area contributed by atoms with E-state index in [1.807, 2.05) is 0 Å². The number of ether oxygens (including phenoxy) is 1. The van der Waals surface area contributed by atoms with Crippen molar-refractivity contribution in [2.24, 2.45) is 5.41 Å². The van der Waals surface area contributed by atoms with Crippen molar-refractivity contribution < 1.29 is 4.74 Å². The zero-order valence-electron chi connectivity index (χ0n) is 9.77. The van der Waals surface area contributed by atoms with Gasteiger partial charge in [0.1, 0.15) is 0 Å². The van der Waals surface area contributed by atoms with Gasteiger partial charge in [0, 0.05) is 19.8 Å². The van der Waals surface area contributed by atoms with E-state index in [2.05, 4.69) is 19.3 Å². The van der Waals surface area contributed by atoms with Gasteiger partial charge in [-0.15, -0.1) is 0 Å². The van der Waals surface area contributed by atoms with Gasteiger partial charge in [0.2, 0.25) is 0 Å². The summed E-state index contributed by atoms with van der Waals surface area (Å²) in [5.41, 5.74) is 0.544. The second kappa shape index (κ2) is 6.41. The van der Waals surface area contributed by atoms with E-state index < -0.39 is 0 Å². The minimum absolute atomic E-state index is 0.544. The molecule has 1 aliphatic rings. The summed E-state index contributed by atoms with van der Waals surface area (Å²) < 4.78 is 5.48. The minimum atomic E-state index is 0.544. The van der Waals surface area contributed by atoms with E-state index in [4.69, 9.17) is 4.74 Å². The van der Waals surface area contributed by atoms with Crippen molar-refractivity contribution in [1.82, 2.24) is 5.32 Å². The molecule has 0 aliphatic heterocycles. The third-order valence-electron chi connectivity index (χ3n) is 3.45. The highest BCUT2D eigenvalue weighted by molar-refractivity contribution is 4.84. The molecule has 0 radical (unpaired) electrons. The monoisotopic (exact) mass is 199 g/mol. The molecule has 1 saturated carbocycles. The fraction of sp³-hybridized carbons (Fsp3) is 1.00. The Bertz CT molecular complexity index is 136. The van der Waals surface area contributed by atoms with Crippen LogP contribution in [0.4, 0.5) is 0 Å². The number of nitrogens with one attached hydrogen (secondary N) is 1. The highest BCUT2D eigenvalue weighted by Gasteiger charge is 2.30. The Morgan fingerprint density at radius 1 is 1.21 bits per heavy atom. The van der Waals surface area contributed by atoms with Crippen molar-refractivity contribution in [2.75, 3.05) is 26.8 Å². The molecule has 2 nitrogen and oxygen atoms in total. The molecule has 1 rings (SSSR count). The Morgan fingerprint density at radius 3 is 2.50 bits per heavy atom. The molecule has 0 aromatic rings. The van der Waals surface area contributed by atoms with Crippen molar-refractivity contribution in [1.29, 1.82) is 0 Å². The first kappa shape index (κ1) is 12.0. The molecule has 0 aromatic carbocycles. The lowest BCUT2D eigenvalue weighted by molar-refractivity contribution is 0.0806. The van der Waals surface area contributed by atoms with E-state index in [1.165, 1.54) is 45.1 Å². The largest absolute Gasteiger partial charge is 0.382 e. The minimum Gasteiger partial charge on any atom is -0.382 e. The second-order valence-electron chi connectivity index (χ2n) is 4.54. The van der Waals surface area contributed by atoms with E-state index >= 15 is 0 Å². The first-order valence-corrected chi connectivity index (χ1v) is 6.05. The molecule has 2 heteroatoms. The average Bonchev–Trinajstić information content (AvgIpc) is 2.20. The van der Waals surface area contributed by atoms with Crippen LogP contribution in [0.5, 0.6) is 0 Å². The summed E-state index contributed by atoms with van der Waals surface area (Å²) in [7, 11) is 2.07. The van der Waals surface area contributed by atoms with Gasteiger partial charge in [-0.3, -0.25) is 0 Å². The molecule has 0 aromatic heterocycles. The SMILES string of the molecule is CCOCCC1(CNC)CCCCC1. The number of hydrogen-bond acceptors (Lipinski definition) is 2. The molecular weight excluding hydrogens is 174 g/mol. The average molecular weight is 199 g/mol. The Kier molecular flexibility index (Phi) is 5.49. The summed E-state index contributed by atoms with van der Waals surface area (Å²) in [4.78, 5) is 0. The smallest absolute Gasteiger partial charge is 0.0471 e. The van der Waals surface area contributed by atoms with Crippen LogP contribution in [0.25, 0.3) is 0 Å². The summed E-state index contributed by atoms with van der Waals surface area (Å²) in [6.45, 7) is 5.04. The highest BCUT2D eigenvalue weighted by atomic mass is 16.5. The first-order chi connectivity index (χ1) is 6.83. The van der Waals surface area contributed by atoms with Crippen LogP contribution >= 0.6 is 0 Å². The molecule has 1 N–H and O–H groups in total. The molecule has 1 aliphatic carbocycles. The fourth-order valence-corrected chi connectivity index (χ4v) is 2.62. The number of hydrogen-bond donors (Lipinski definition) is 1. The van der Waals surface area contributed by atoms with Gasteiger partial charge in [-0.2, -0.15) is 0 Å². The Balaban J connectivity index is 2.34. The summed E-state index contributed by atoms with van der Waals surface area (Å²) in [5.74, 6) is 0. The van der Waals surface area contributed by atoms with Crippen LogP contribution in [0.1, 0.15) is 45.4 Å². The molecule has 84 valence electrons. The third kappa shape index (κ3) is 3.58. The fourth-order valence-electron chi connectivity index (χ4n) is 2.62.